The van der Waals surface area contributed by atoms with Crippen LogP contribution >= 0.6 is 19.2 Å². The predicted octanol–water partition coefficient (Wildman–Crippen LogP) is 0.578. The van der Waals surface area contributed by atoms with Gasteiger partial charge in [0.2, 0.25) is 0 Å². The van der Waals surface area contributed by atoms with Crippen LogP contribution in [0, 0.1) is 11.3 Å². The summed E-state index contributed by atoms with van der Waals surface area (Å²) in [6.07, 6.45) is 2.85. The fraction of sp³-hybridized carbons (Fsp3) is 0.545. The maximum absolute atomic E-state index is 10.9. The molecule has 9 nitrogen and oxygen atoms in total. The van der Waals surface area contributed by atoms with Crippen molar-refractivity contribution in [2.75, 3.05) is 31.1 Å². The Hall–Kier alpha value is -1.43. The van der Waals surface area contributed by atoms with Crippen molar-refractivity contribution in [1.29, 1.82) is 5.26 Å². The molecule has 1 unspecified atom stereocenters. The van der Waals surface area contributed by atoms with E-state index in [1.807, 2.05) is 10.6 Å². The number of imidazole rings is 1. The van der Waals surface area contributed by atoms with E-state index in [-0.39, 0.29) is 19.3 Å². The summed E-state index contributed by atoms with van der Waals surface area (Å²) in [6.45, 7) is 1.23. The smallest absolute Gasteiger partial charge is 0.326 e. The van der Waals surface area contributed by atoms with Crippen LogP contribution in [0.5, 0.6) is 0 Å². The van der Waals surface area contributed by atoms with E-state index in [2.05, 4.69) is 15.3 Å². The number of aliphatic imine (C=N–C) groups is 1. The molecule has 1 atom stereocenters. The van der Waals surface area contributed by atoms with Gasteiger partial charge in [-0.05, 0) is 0 Å². The molecule has 0 aliphatic carbocycles. The molecule has 0 radical (unpaired) electrons. The van der Waals surface area contributed by atoms with Gasteiger partial charge in [-0.3, -0.25) is 9.46 Å². The van der Waals surface area contributed by atoms with Gasteiger partial charge in [0.1, 0.15) is 11.5 Å². The fourth-order valence-corrected chi connectivity index (χ4v) is 2.78. The van der Waals surface area contributed by atoms with Crippen molar-refractivity contribution >= 4 is 31.4 Å². The van der Waals surface area contributed by atoms with Crippen LogP contribution in [0.15, 0.2) is 11.3 Å². The molecule has 0 saturated carbocycles. The van der Waals surface area contributed by atoms with Gasteiger partial charge in [0, 0.05) is 19.6 Å². The summed E-state index contributed by atoms with van der Waals surface area (Å²) in [4.78, 5) is 27.7. The standard InChI is InChI=1S/C11H16ClN6O3P/c12-10-9-11(15-7-14-10)18(8-16-9)4-3-17(2-1-13)5-6-22(19,20)21/h7-8,10H,2-6H2,(H,14,15)(H2,19,20,21). The van der Waals surface area contributed by atoms with Crippen LogP contribution in [-0.4, -0.2) is 56.4 Å². The molecule has 120 valence electrons. The van der Waals surface area contributed by atoms with E-state index in [0.717, 1.165) is 5.82 Å². The van der Waals surface area contributed by atoms with Gasteiger partial charge in [-0.15, -0.1) is 0 Å². The second kappa shape index (κ2) is 7.22. The number of alkyl halides is 1. The summed E-state index contributed by atoms with van der Waals surface area (Å²) in [7, 11) is -4.07. The monoisotopic (exact) mass is 346 g/mol. The first-order chi connectivity index (χ1) is 10.4. The van der Waals surface area contributed by atoms with Gasteiger partial charge in [-0.25, -0.2) is 9.98 Å². The number of nitrogens with zero attached hydrogens (tertiary/aromatic N) is 5. The molecule has 1 aliphatic heterocycles. The van der Waals surface area contributed by atoms with Gasteiger partial charge >= 0.3 is 7.60 Å². The number of fused-ring (bicyclic) bond motifs is 1. The van der Waals surface area contributed by atoms with E-state index in [4.69, 9.17) is 26.6 Å². The molecule has 0 aromatic carbocycles. The Morgan fingerprint density at radius 1 is 1.55 bits per heavy atom. The van der Waals surface area contributed by atoms with Crippen LogP contribution < -0.4 is 5.32 Å². The number of aromatic nitrogens is 2. The molecule has 0 fully saturated rings. The molecule has 2 heterocycles. The van der Waals surface area contributed by atoms with E-state index in [9.17, 15) is 4.57 Å². The number of nitriles is 1. The lowest BCUT2D eigenvalue weighted by atomic mass is 10.4. The largest absolute Gasteiger partial charge is 0.331 e. The first kappa shape index (κ1) is 16.9. The summed E-state index contributed by atoms with van der Waals surface area (Å²) < 4.78 is 12.8. The minimum absolute atomic E-state index is 0.101. The quantitative estimate of drug-likeness (QED) is 0.285. The molecule has 0 spiro atoms. The molecule has 22 heavy (non-hydrogen) atoms. The SMILES string of the molecule is N#CCN(CCn1cnc2c1NC=NC2Cl)CCP(=O)(O)O. The maximum Gasteiger partial charge on any atom is 0.326 e. The van der Waals surface area contributed by atoms with Gasteiger partial charge in [0.25, 0.3) is 0 Å². The van der Waals surface area contributed by atoms with E-state index in [0.29, 0.717) is 18.8 Å². The number of rotatable bonds is 7. The lowest BCUT2D eigenvalue weighted by molar-refractivity contribution is 0.296. The minimum atomic E-state index is -4.07. The zero-order chi connectivity index (χ0) is 16.2. The molecule has 1 aromatic rings. The average Bonchev–Trinajstić information content (AvgIpc) is 2.86. The molecule has 2 rings (SSSR count). The predicted molar refractivity (Wildman–Crippen MR) is 81.9 cm³/mol. The zero-order valence-corrected chi connectivity index (χ0v) is 13.3. The van der Waals surface area contributed by atoms with Gasteiger partial charge in [-0.1, -0.05) is 11.6 Å². The highest BCUT2D eigenvalue weighted by Gasteiger charge is 2.21. The lowest BCUT2D eigenvalue weighted by Gasteiger charge is -2.20. The Morgan fingerprint density at radius 3 is 3.00 bits per heavy atom. The third-order valence-corrected chi connectivity index (χ3v) is 4.26. The van der Waals surface area contributed by atoms with E-state index in [1.165, 1.54) is 6.34 Å². The Kier molecular flexibility index (Phi) is 5.56. The van der Waals surface area contributed by atoms with Crippen molar-refractivity contribution in [2.24, 2.45) is 4.99 Å². The number of hydrogen-bond donors (Lipinski definition) is 3. The Labute approximate surface area is 132 Å². The summed E-state index contributed by atoms with van der Waals surface area (Å²) in [5.74, 6) is 0.738. The molecule has 0 amide bonds. The second-order valence-corrected chi connectivity index (χ2v) is 6.94. The molecular weight excluding hydrogens is 331 g/mol. The third-order valence-electron chi connectivity index (χ3n) is 3.16. The maximum atomic E-state index is 10.9. The van der Waals surface area contributed by atoms with Crippen molar-refractivity contribution in [2.45, 2.75) is 12.0 Å². The van der Waals surface area contributed by atoms with Crippen LogP contribution in [0.25, 0.3) is 0 Å². The normalized spacial score (nSPS) is 17.1. The highest BCUT2D eigenvalue weighted by atomic mass is 35.5. The third kappa shape index (κ3) is 4.53. The number of anilines is 1. The van der Waals surface area contributed by atoms with Crippen LogP contribution in [0.4, 0.5) is 5.82 Å². The van der Waals surface area contributed by atoms with E-state index >= 15 is 0 Å². The molecule has 1 aliphatic rings. The van der Waals surface area contributed by atoms with Gasteiger partial charge in [0.05, 0.1) is 31.4 Å². The van der Waals surface area contributed by atoms with Crippen molar-refractivity contribution in [3.63, 3.8) is 0 Å². The van der Waals surface area contributed by atoms with Crippen LogP contribution in [0.3, 0.4) is 0 Å². The zero-order valence-electron chi connectivity index (χ0n) is 11.6. The topological polar surface area (TPSA) is 127 Å². The van der Waals surface area contributed by atoms with E-state index in [1.54, 1.807) is 11.2 Å². The molecule has 0 bridgehead atoms. The first-order valence-corrected chi connectivity index (χ1v) is 8.75. The fourth-order valence-electron chi connectivity index (χ4n) is 2.02. The number of hydrogen-bond acceptors (Lipinski definition) is 6. The molecular formula is C11H16ClN6O3P. The molecule has 0 saturated heterocycles. The number of halogens is 1. The molecule has 3 N–H and O–H groups in total. The highest BCUT2D eigenvalue weighted by Crippen LogP contribution is 2.33. The van der Waals surface area contributed by atoms with Crippen molar-refractivity contribution in [3.8, 4) is 6.07 Å². The van der Waals surface area contributed by atoms with Crippen LogP contribution in [0.1, 0.15) is 11.2 Å². The Morgan fingerprint density at radius 2 is 2.32 bits per heavy atom. The minimum Gasteiger partial charge on any atom is -0.331 e. The van der Waals surface area contributed by atoms with Gasteiger partial charge in [-0.2, -0.15) is 5.26 Å². The molecule has 1 aromatic heterocycles. The van der Waals surface area contributed by atoms with Crippen molar-refractivity contribution < 1.29 is 14.4 Å². The van der Waals surface area contributed by atoms with Crippen LogP contribution in [0.2, 0.25) is 0 Å². The Balaban J connectivity index is 1.96. The first-order valence-electron chi connectivity index (χ1n) is 6.52. The second-order valence-electron chi connectivity index (χ2n) is 4.75. The van der Waals surface area contributed by atoms with Gasteiger partial charge < -0.3 is 19.7 Å². The molecule has 11 heteroatoms. The summed E-state index contributed by atoms with van der Waals surface area (Å²) in [5.41, 5.74) is 0.105. The average molecular weight is 347 g/mol. The highest BCUT2D eigenvalue weighted by molar-refractivity contribution is 7.51. The van der Waals surface area contributed by atoms with Crippen LogP contribution in [-0.2, 0) is 11.1 Å². The summed E-state index contributed by atoms with van der Waals surface area (Å²) in [6, 6.07) is 1.99. The van der Waals surface area contributed by atoms with Crippen molar-refractivity contribution in [1.82, 2.24) is 14.5 Å². The lowest BCUT2D eigenvalue weighted by Crippen LogP contribution is -2.31. The Bertz CT molecular complexity index is 636. The van der Waals surface area contributed by atoms with E-state index < -0.39 is 13.1 Å². The van der Waals surface area contributed by atoms with Crippen molar-refractivity contribution in [3.05, 3.63) is 12.0 Å². The number of nitrogens with one attached hydrogen (secondary N) is 1. The summed E-state index contributed by atoms with van der Waals surface area (Å²) in [5, 5.41) is 11.8. The summed E-state index contributed by atoms with van der Waals surface area (Å²) >= 11 is 6.02. The van der Waals surface area contributed by atoms with Gasteiger partial charge in [0.15, 0.2) is 5.50 Å².